The molecule has 0 bridgehead atoms. The Balaban J connectivity index is 4.13. The van der Waals surface area contributed by atoms with E-state index < -0.39 is 36.4 Å². The molecule has 0 aromatic rings. The predicted octanol–water partition coefficient (Wildman–Crippen LogP) is 5.81. The molecule has 2 N–H and O–H groups in total. The van der Waals surface area contributed by atoms with Gasteiger partial charge in [0.05, 0.1) is 26.1 Å². The first kappa shape index (κ1) is 31.4. The number of esters is 2. The molecule has 7 nitrogen and oxygen atoms in total. The number of aliphatic carboxylic acids is 1. The second-order valence-corrected chi connectivity index (χ2v) is 9.56. The highest BCUT2D eigenvalue weighted by atomic mass is 16.6. The van der Waals surface area contributed by atoms with E-state index in [9.17, 15) is 19.5 Å². The quantitative estimate of drug-likeness (QED) is 0.151. The highest BCUT2D eigenvalue weighted by molar-refractivity contribution is 5.89. The molecule has 0 spiro atoms. The molecule has 1 atom stereocenters. The van der Waals surface area contributed by atoms with E-state index in [2.05, 4.69) is 20.8 Å². The van der Waals surface area contributed by atoms with Crippen LogP contribution in [0.1, 0.15) is 124 Å². The van der Waals surface area contributed by atoms with Gasteiger partial charge < -0.3 is 19.7 Å². The normalized spacial score (nSPS) is 13.0. The van der Waals surface area contributed by atoms with Crippen molar-refractivity contribution in [2.24, 2.45) is 5.92 Å². The number of rotatable bonds is 22. The fraction of sp³-hybridized carbons (Fsp3) is 0.885. The van der Waals surface area contributed by atoms with Gasteiger partial charge in [-0.05, 0) is 18.8 Å². The zero-order valence-corrected chi connectivity index (χ0v) is 21.2. The highest BCUT2D eigenvalue weighted by Gasteiger charge is 2.42. The van der Waals surface area contributed by atoms with Crippen molar-refractivity contribution in [2.45, 2.75) is 129 Å². The summed E-state index contributed by atoms with van der Waals surface area (Å²) in [5.74, 6) is -2.64. The minimum Gasteiger partial charge on any atom is -0.481 e. The third-order valence-electron chi connectivity index (χ3n) is 5.68. The molecular formula is C26H48O7. The zero-order valence-electron chi connectivity index (χ0n) is 21.2. The second-order valence-electron chi connectivity index (χ2n) is 9.56. The van der Waals surface area contributed by atoms with E-state index in [1.54, 1.807) is 0 Å². The van der Waals surface area contributed by atoms with Crippen molar-refractivity contribution in [3.05, 3.63) is 0 Å². The van der Waals surface area contributed by atoms with Crippen LogP contribution in [0.5, 0.6) is 0 Å². The largest absolute Gasteiger partial charge is 0.481 e. The van der Waals surface area contributed by atoms with Crippen LogP contribution < -0.4 is 0 Å². The number of carbonyl (C=O) groups is 3. The fourth-order valence-electron chi connectivity index (χ4n) is 3.65. The number of carbonyl (C=O) groups excluding carboxylic acids is 2. The minimum absolute atomic E-state index is 0.0898. The maximum Gasteiger partial charge on any atom is 0.339 e. The molecule has 0 saturated heterocycles. The molecule has 0 aromatic heterocycles. The van der Waals surface area contributed by atoms with E-state index in [4.69, 9.17) is 14.6 Å². The van der Waals surface area contributed by atoms with Gasteiger partial charge in [-0.2, -0.15) is 0 Å². The first-order valence-corrected chi connectivity index (χ1v) is 13.0. The molecule has 0 fully saturated rings. The Morgan fingerprint density at radius 2 is 1.21 bits per heavy atom. The zero-order chi connectivity index (χ0) is 25.0. The van der Waals surface area contributed by atoms with Gasteiger partial charge in [0.15, 0.2) is 5.60 Å². The van der Waals surface area contributed by atoms with Crippen LogP contribution in [0.2, 0.25) is 0 Å². The lowest BCUT2D eigenvalue weighted by Crippen LogP contribution is -2.44. The molecule has 0 aliphatic heterocycles. The standard InChI is InChI=1S/C26H48O7/c1-4-5-6-7-8-9-10-11-12-15-18-32-24(29)21-26(31,20-23(27)28)25(30)33-19-16-13-14-17-22(2)3/h22,31H,4-21H2,1-3H3,(H,27,28). The highest BCUT2D eigenvalue weighted by Crippen LogP contribution is 2.20. The Hall–Kier alpha value is -1.63. The molecule has 0 aliphatic carbocycles. The molecular weight excluding hydrogens is 424 g/mol. The Bertz CT molecular complexity index is 533. The van der Waals surface area contributed by atoms with Crippen molar-refractivity contribution >= 4 is 17.9 Å². The Morgan fingerprint density at radius 3 is 1.73 bits per heavy atom. The summed E-state index contributed by atoms with van der Waals surface area (Å²) in [6, 6.07) is 0. The minimum atomic E-state index is -2.40. The Morgan fingerprint density at radius 1 is 0.727 bits per heavy atom. The lowest BCUT2D eigenvalue weighted by Gasteiger charge is -2.23. The van der Waals surface area contributed by atoms with Crippen LogP contribution >= 0.6 is 0 Å². The lowest BCUT2D eigenvalue weighted by atomic mass is 9.95. The molecule has 0 amide bonds. The SMILES string of the molecule is CCCCCCCCCCCCOC(=O)CC(O)(CC(=O)O)C(=O)OCCCCCC(C)C. The van der Waals surface area contributed by atoms with Crippen molar-refractivity contribution in [3.8, 4) is 0 Å². The number of hydrogen-bond donors (Lipinski definition) is 2. The average molecular weight is 473 g/mol. The second kappa shape index (κ2) is 19.8. The van der Waals surface area contributed by atoms with Crippen molar-refractivity contribution in [3.63, 3.8) is 0 Å². The Kier molecular flexibility index (Phi) is 18.8. The van der Waals surface area contributed by atoms with Gasteiger partial charge in [-0.25, -0.2) is 4.79 Å². The fourth-order valence-corrected chi connectivity index (χ4v) is 3.65. The maximum absolute atomic E-state index is 12.3. The predicted molar refractivity (Wildman–Crippen MR) is 129 cm³/mol. The van der Waals surface area contributed by atoms with E-state index in [1.165, 1.54) is 44.9 Å². The molecule has 0 aromatic carbocycles. The molecule has 1 unspecified atom stereocenters. The summed E-state index contributed by atoms with van der Waals surface area (Å²) in [5.41, 5.74) is -2.40. The van der Waals surface area contributed by atoms with Crippen LogP contribution in [0, 0.1) is 5.92 Å². The molecule has 194 valence electrons. The van der Waals surface area contributed by atoms with Crippen LogP contribution in [-0.4, -0.2) is 46.9 Å². The molecule has 0 rings (SSSR count). The van der Waals surface area contributed by atoms with Crippen molar-refractivity contribution in [1.29, 1.82) is 0 Å². The number of hydrogen-bond acceptors (Lipinski definition) is 6. The lowest BCUT2D eigenvalue weighted by molar-refractivity contribution is -0.176. The number of carboxylic acids is 1. The van der Waals surface area contributed by atoms with Crippen molar-refractivity contribution < 1.29 is 34.1 Å². The van der Waals surface area contributed by atoms with Crippen molar-refractivity contribution in [1.82, 2.24) is 0 Å². The summed E-state index contributed by atoms with van der Waals surface area (Å²) in [5, 5.41) is 19.6. The molecule has 0 saturated carbocycles. The number of ether oxygens (including phenoxy) is 2. The van der Waals surface area contributed by atoms with Gasteiger partial charge in [0.25, 0.3) is 0 Å². The van der Waals surface area contributed by atoms with Gasteiger partial charge in [0.1, 0.15) is 0 Å². The first-order chi connectivity index (χ1) is 15.7. The van der Waals surface area contributed by atoms with Crippen molar-refractivity contribution in [2.75, 3.05) is 13.2 Å². The van der Waals surface area contributed by atoms with Gasteiger partial charge in [-0.1, -0.05) is 97.8 Å². The summed E-state index contributed by atoms with van der Waals surface area (Å²) in [7, 11) is 0. The van der Waals surface area contributed by atoms with Gasteiger partial charge in [0.2, 0.25) is 0 Å². The maximum atomic E-state index is 12.3. The van der Waals surface area contributed by atoms with E-state index in [0.717, 1.165) is 32.1 Å². The van der Waals surface area contributed by atoms with E-state index in [-0.39, 0.29) is 13.2 Å². The van der Waals surface area contributed by atoms with Gasteiger partial charge in [-0.15, -0.1) is 0 Å². The van der Waals surface area contributed by atoms with Gasteiger partial charge in [0, 0.05) is 0 Å². The third-order valence-corrected chi connectivity index (χ3v) is 5.68. The van der Waals surface area contributed by atoms with Crippen LogP contribution in [0.15, 0.2) is 0 Å². The van der Waals surface area contributed by atoms with Crippen LogP contribution in [0.4, 0.5) is 0 Å². The monoisotopic (exact) mass is 472 g/mol. The molecule has 7 heteroatoms. The molecule has 0 aliphatic rings. The summed E-state index contributed by atoms with van der Waals surface area (Å²) in [6.07, 6.45) is 13.6. The molecule has 0 radical (unpaired) electrons. The molecule has 0 heterocycles. The first-order valence-electron chi connectivity index (χ1n) is 13.0. The van der Waals surface area contributed by atoms with Crippen LogP contribution in [-0.2, 0) is 23.9 Å². The topological polar surface area (TPSA) is 110 Å². The van der Waals surface area contributed by atoms with E-state index >= 15 is 0 Å². The van der Waals surface area contributed by atoms with E-state index in [1.807, 2.05) is 0 Å². The summed E-state index contributed by atoms with van der Waals surface area (Å²) < 4.78 is 10.2. The van der Waals surface area contributed by atoms with E-state index in [0.29, 0.717) is 18.8 Å². The van der Waals surface area contributed by atoms with Gasteiger partial charge >= 0.3 is 17.9 Å². The Labute approximate surface area is 200 Å². The smallest absolute Gasteiger partial charge is 0.339 e. The number of unbranched alkanes of at least 4 members (excludes halogenated alkanes) is 11. The summed E-state index contributed by atoms with van der Waals surface area (Å²) in [6.45, 7) is 6.78. The van der Waals surface area contributed by atoms with Gasteiger partial charge in [-0.3, -0.25) is 9.59 Å². The summed E-state index contributed by atoms with van der Waals surface area (Å²) in [4.78, 5) is 35.5. The average Bonchev–Trinajstić information content (AvgIpc) is 2.73. The number of carboxylic acid groups (broad SMARTS) is 1. The molecule has 33 heavy (non-hydrogen) atoms. The summed E-state index contributed by atoms with van der Waals surface area (Å²) >= 11 is 0. The van der Waals surface area contributed by atoms with Crippen LogP contribution in [0.3, 0.4) is 0 Å². The van der Waals surface area contributed by atoms with Crippen LogP contribution in [0.25, 0.3) is 0 Å². The third kappa shape index (κ3) is 18.5. The number of aliphatic hydroxyl groups is 1.